The highest BCUT2D eigenvalue weighted by Gasteiger charge is 2.37. The second-order valence-corrected chi connectivity index (χ2v) is 8.80. The molecule has 1 aromatic rings. The maximum Gasteiger partial charge on any atom is 0.227 e. The molecule has 0 spiro atoms. The van der Waals surface area contributed by atoms with Crippen molar-refractivity contribution in [2.75, 3.05) is 38.2 Å². The summed E-state index contributed by atoms with van der Waals surface area (Å²) in [5.74, 6) is 0.328. The summed E-state index contributed by atoms with van der Waals surface area (Å²) in [4.78, 5) is 29.3. The number of morpholine rings is 1. The highest BCUT2D eigenvalue weighted by atomic mass is 16.5. The van der Waals surface area contributed by atoms with E-state index in [1.165, 1.54) is 0 Å². The van der Waals surface area contributed by atoms with Crippen molar-refractivity contribution >= 4 is 17.5 Å². The first kappa shape index (κ1) is 21.6. The van der Waals surface area contributed by atoms with Crippen molar-refractivity contribution < 1.29 is 19.1 Å². The first-order valence-corrected chi connectivity index (χ1v) is 10.3. The van der Waals surface area contributed by atoms with Gasteiger partial charge in [0.1, 0.15) is 5.75 Å². The number of ether oxygens (including phenoxy) is 2. The molecule has 1 aromatic carbocycles. The lowest BCUT2D eigenvalue weighted by Crippen LogP contribution is -2.59. The van der Waals surface area contributed by atoms with Crippen LogP contribution >= 0.6 is 0 Å². The van der Waals surface area contributed by atoms with E-state index in [0.29, 0.717) is 13.1 Å². The first-order chi connectivity index (χ1) is 13.7. The average molecular weight is 404 g/mol. The van der Waals surface area contributed by atoms with E-state index in [2.05, 4.69) is 37.9 Å². The van der Waals surface area contributed by atoms with E-state index in [0.717, 1.165) is 24.5 Å². The minimum absolute atomic E-state index is 0.0228. The Kier molecular flexibility index (Phi) is 6.49. The Morgan fingerprint density at radius 3 is 2.38 bits per heavy atom. The quantitative estimate of drug-likeness (QED) is 0.787. The second kappa shape index (κ2) is 8.71. The molecule has 2 aliphatic rings. The van der Waals surface area contributed by atoms with Gasteiger partial charge in [0.2, 0.25) is 11.8 Å². The van der Waals surface area contributed by atoms with Gasteiger partial charge in [-0.25, -0.2) is 0 Å². The fourth-order valence-electron chi connectivity index (χ4n) is 4.13. The molecule has 2 heterocycles. The van der Waals surface area contributed by atoms with Crippen LogP contribution in [0.1, 0.15) is 34.1 Å². The lowest BCUT2D eigenvalue weighted by Gasteiger charge is -2.45. The highest BCUT2D eigenvalue weighted by molar-refractivity contribution is 6.00. The van der Waals surface area contributed by atoms with Crippen molar-refractivity contribution in [3.8, 4) is 5.75 Å². The number of carbonyl (C=O) groups is 2. The third-order valence-electron chi connectivity index (χ3n) is 5.85. The van der Waals surface area contributed by atoms with Gasteiger partial charge in [-0.1, -0.05) is 0 Å². The zero-order valence-electron chi connectivity index (χ0n) is 18.1. The molecule has 7 heteroatoms. The first-order valence-electron chi connectivity index (χ1n) is 10.3. The van der Waals surface area contributed by atoms with Crippen LogP contribution in [0, 0.1) is 5.92 Å². The summed E-state index contributed by atoms with van der Waals surface area (Å²) in [5, 5.41) is 3.08. The van der Waals surface area contributed by atoms with Crippen molar-refractivity contribution in [3.63, 3.8) is 0 Å². The fourth-order valence-corrected chi connectivity index (χ4v) is 4.13. The van der Waals surface area contributed by atoms with Crippen LogP contribution in [0.4, 0.5) is 5.69 Å². The summed E-state index contributed by atoms with van der Waals surface area (Å²) in [6.07, 6.45) is 0.600. The summed E-state index contributed by atoms with van der Waals surface area (Å²) in [5.41, 5.74) is 0.614. The molecule has 2 saturated heterocycles. The third kappa shape index (κ3) is 5.08. The van der Waals surface area contributed by atoms with Crippen LogP contribution in [0.2, 0.25) is 0 Å². The van der Waals surface area contributed by atoms with Gasteiger partial charge in [-0.05, 0) is 52.0 Å². The van der Waals surface area contributed by atoms with Gasteiger partial charge < -0.3 is 19.7 Å². The molecule has 0 aromatic heterocycles. The number of hydrogen-bond donors (Lipinski definition) is 1. The molecule has 3 rings (SSSR count). The van der Waals surface area contributed by atoms with Crippen LogP contribution in [0.25, 0.3) is 0 Å². The predicted molar refractivity (Wildman–Crippen MR) is 112 cm³/mol. The van der Waals surface area contributed by atoms with Gasteiger partial charge in [-0.2, -0.15) is 0 Å². The Morgan fingerprint density at radius 2 is 1.79 bits per heavy atom. The van der Waals surface area contributed by atoms with E-state index in [-0.39, 0.29) is 41.9 Å². The molecule has 29 heavy (non-hydrogen) atoms. The average Bonchev–Trinajstić information content (AvgIpc) is 3.07. The summed E-state index contributed by atoms with van der Waals surface area (Å²) >= 11 is 0. The van der Waals surface area contributed by atoms with Gasteiger partial charge in [0.25, 0.3) is 0 Å². The summed E-state index contributed by atoms with van der Waals surface area (Å²) in [6.45, 7) is 11.1. The molecule has 0 bridgehead atoms. The van der Waals surface area contributed by atoms with Crippen LogP contribution in [0.5, 0.6) is 5.75 Å². The normalized spacial score (nSPS) is 25.9. The molecular formula is C22H33N3O4. The molecule has 0 aliphatic carbocycles. The Bertz CT molecular complexity index is 724. The molecule has 7 nitrogen and oxygen atoms in total. The molecule has 160 valence electrons. The van der Waals surface area contributed by atoms with E-state index in [9.17, 15) is 9.59 Å². The van der Waals surface area contributed by atoms with Gasteiger partial charge >= 0.3 is 0 Å². The van der Waals surface area contributed by atoms with Crippen molar-refractivity contribution in [2.45, 2.75) is 51.9 Å². The monoisotopic (exact) mass is 403 g/mol. The number of amides is 2. The van der Waals surface area contributed by atoms with Crippen LogP contribution in [0.3, 0.4) is 0 Å². The number of methoxy groups -OCH3 is 1. The van der Waals surface area contributed by atoms with Crippen LogP contribution < -0.4 is 15.0 Å². The molecule has 2 amide bonds. The van der Waals surface area contributed by atoms with Gasteiger partial charge in [0.15, 0.2) is 0 Å². The number of nitrogens with one attached hydrogen (secondary N) is 1. The number of anilines is 1. The van der Waals surface area contributed by atoms with Crippen molar-refractivity contribution in [2.24, 2.45) is 5.92 Å². The van der Waals surface area contributed by atoms with E-state index >= 15 is 0 Å². The zero-order valence-corrected chi connectivity index (χ0v) is 18.1. The molecule has 2 aliphatic heterocycles. The molecule has 2 fully saturated rings. The van der Waals surface area contributed by atoms with Crippen LogP contribution in [0.15, 0.2) is 24.3 Å². The molecule has 1 N–H and O–H groups in total. The lowest BCUT2D eigenvalue weighted by atomic mass is 9.99. The predicted octanol–water partition coefficient (Wildman–Crippen LogP) is 2.05. The van der Waals surface area contributed by atoms with Crippen LogP contribution in [-0.2, 0) is 14.3 Å². The molecule has 0 saturated carbocycles. The van der Waals surface area contributed by atoms with Gasteiger partial charge in [-0.3, -0.25) is 14.5 Å². The largest absolute Gasteiger partial charge is 0.497 e. The second-order valence-electron chi connectivity index (χ2n) is 8.80. The van der Waals surface area contributed by atoms with E-state index < -0.39 is 0 Å². The maximum absolute atomic E-state index is 12.8. The van der Waals surface area contributed by atoms with Crippen molar-refractivity contribution in [1.29, 1.82) is 0 Å². The van der Waals surface area contributed by atoms with E-state index in [1.54, 1.807) is 12.0 Å². The zero-order chi connectivity index (χ0) is 21.2. The van der Waals surface area contributed by atoms with Gasteiger partial charge in [-0.15, -0.1) is 0 Å². The summed E-state index contributed by atoms with van der Waals surface area (Å²) in [6, 6.07) is 7.34. The number of nitrogens with zero attached hydrogens (tertiary/aromatic N) is 2. The smallest absolute Gasteiger partial charge is 0.227 e. The Hall–Kier alpha value is -2.12. The number of rotatable bonds is 6. The lowest BCUT2D eigenvalue weighted by molar-refractivity contribution is -0.127. The van der Waals surface area contributed by atoms with Crippen molar-refractivity contribution in [1.82, 2.24) is 10.2 Å². The maximum atomic E-state index is 12.8. The Balaban J connectivity index is 1.56. The SMILES string of the molecule is COc1ccc(N2CC(C(=O)NCC(C)(C)N3CC(C)OC(C)C3)CC2=O)cc1. The minimum atomic E-state index is -0.331. The number of hydrogen-bond acceptors (Lipinski definition) is 5. The van der Waals surface area contributed by atoms with E-state index in [1.807, 2.05) is 24.3 Å². The molecular weight excluding hydrogens is 370 g/mol. The standard InChI is InChI=1S/C22H33N3O4/c1-15-11-24(12-16(2)29-15)22(3,4)14-23-21(27)17-10-20(26)25(13-17)18-6-8-19(28-5)9-7-18/h6-9,15-17H,10-14H2,1-5H3,(H,23,27). The third-order valence-corrected chi connectivity index (χ3v) is 5.85. The van der Waals surface area contributed by atoms with Crippen LogP contribution in [-0.4, -0.2) is 67.7 Å². The fraction of sp³-hybridized carbons (Fsp3) is 0.636. The van der Waals surface area contributed by atoms with Gasteiger partial charge in [0.05, 0.1) is 25.2 Å². The van der Waals surface area contributed by atoms with E-state index in [4.69, 9.17) is 9.47 Å². The molecule has 0 radical (unpaired) electrons. The van der Waals surface area contributed by atoms with Gasteiger partial charge in [0, 0.05) is 43.8 Å². The Morgan fingerprint density at radius 1 is 1.17 bits per heavy atom. The number of benzene rings is 1. The molecule has 3 atom stereocenters. The highest BCUT2D eigenvalue weighted by Crippen LogP contribution is 2.27. The topological polar surface area (TPSA) is 71.1 Å². The molecule has 3 unspecified atom stereocenters. The summed E-state index contributed by atoms with van der Waals surface area (Å²) in [7, 11) is 1.61. The van der Waals surface area contributed by atoms with Crippen molar-refractivity contribution in [3.05, 3.63) is 24.3 Å². The summed E-state index contributed by atoms with van der Waals surface area (Å²) < 4.78 is 11.0. The number of carbonyl (C=O) groups excluding carboxylic acids is 2. The minimum Gasteiger partial charge on any atom is -0.497 e. The Labute approximate surface area is 173 Å².